The Bertz CT molecular complexity index is 2840. The van der Waals surface area contributed by atoms with Crippen molar-refractivity contribution in [2.45, 2.75) is 106 Å². The molecule has 0 amide bonds. The summed E-state index contributed by atoms with van der Waals surface area (Å²) in [5.74, 6) is 0. The maximum Gasteiger partial charge on any atom is 0.0713 e. The molecule has 2 aliphatic carbocycles. The van der Waals surface area contributed by atoms with Gasteiger partial charge in [0.1, 0.15) is 0 Å². The summed E-state index contributed by atoms with van der Waals surface area (Å²) >= 11 is 0. The number of fused-ring (bicyclic) bond motifs is 9. The lowest BCUT2D eigenvalue weighted by atomic mass is 9.68. The van der Waals surface area contributed by atoms with Gasteiger partial charge in [-0.1, -0.05) is 263 Å². The van der Waals surface area contributed by atoms with Crippen molar-refractivity contribution < 1.29 is 0 Å². The monoisotopic (exact) mass is 880 g/mol. The molecule has 67 heavy (non-hydrogen) atoms. The molecule has 1 aromatic heterocycles. The zero-order valence-electron chi connectivity index (χ0n) is 42.6. The largest absolute Gasteiger partial charge is 0.335 e. The maximum absolute atomic E-state index is 2.43. The summed E-state index contributed by atoms with van der Waals surface area (Å²) in [5.41, 5.74) is 17.4. The zero-order valence-corrected chi connectivity index (χ0v) is 42.6. The van der Waals surface area contributed by atoms with Gasteiger partial charge in [0, 0.05) is 32.8 Å². The Hall–Kier alpha value is -6.44. The Labute approximate surface area is 403 Å². The van der Waals surface area contributed by atoms with Gasteiger partial charge in [0.05, 0.1) is 5.41 Å². The molecule has 0 fully saturated rings. The van der Waals surface area contributed by atoms with E-state index >= 15 is 0 Å². The minimum Gasteiger partial charge on any atom is -0.335 e. The van der Waals surface area contributed by atoms with Crippen LogP contribution in [0.15, 0.2) is 206 Å². The first-order chi connectivity index (χ1) is 31.7. The molecule has 0 bridgehead atoms. The second-order valence-electron chi connectivity index (χ2n) is 22.8. The standard InChI is InChI=1S/C25H18.C16H17N.C15H14.2C5H12/c1-3-11-19(12-4-1)25(20-13-5-2-6-14-20)23-17-9-7-15-21(23)22-16-8-10-18-24(22)25;1-16(2,3)17-14-10-6-4-8-12(14)13-9-5-7-11-15(13)17;1-15(2)13-9-5-3-7-11(13)12-8-4-6-10-14(12)15;2*1-5(2,3)4/h1-18H;4-11H,1-3H3;3-10H,1-2H3;2*1-4H3. The van der Waals surface area contributed by atoms with E-state index in [1.54, 1.807) is 0 Å². The molecule has 0 saturated carbocycles. The number of aromatic nitrogens is 1. The molecule has 0 aliphatic heterocycles. The predicted octanol–water partition coefficient (Wildman–Crippen LogP) is 18.7. The van der Waals surface area contributed by atoms with Crippen LogP contribution < -0.4 is 0 Å². The average molecular weight is 880 g/mol. The number of rotatable bonds is 2. The summed E-state index contributed by atoms with van der Waals surface area (Å²) < 4.78 is 2.43. The molecular formula is C66H73N. The number of hydrogen-bond donors (Lipinski definition) is 0. The number of hydrogen-bond acceptors (Lipinski definition) is 0. The number of benzene rings is 8. The Morgan fingerprint density at radius 1 is 0.299 bits per heavy atom. The Morgan fingerprint density at radius 2 is 0.552 bits per heavy atom. The van der Waals surface area contributed by atoms with E-state index in [4.69, 9.17) is 0 Å². The summed E-state index contributed by atoms with van der Waals surface area (Å²) in [5, 5.41) is 2.69. The number of nitrogens with zero attached hydrogens (tertiary/aromatic N) is 1. The molecule has 0 unspecified atom stereocenters. The molecule has 342 valence electrons. The topological polar surface area (TPSA) is 4.93 Å². The van der Waals surface area contributed by atoms with Gasteiger partial charge < -0.3 is 4.57 Å². The van der Waals surface area contributed by atoms with Crippen LogP contribution in [0.25, 0.3) is 44.1 Å². The van der Waals surface area contributed by atoms with E-state index in [-0.39, 0.29) is 16.4 Å². The van der Waals surface area contributed by atoms with Crippen molar-refractivity contribution in [1.82, 2.24) is 4.57 Å². The van der Waals surface area contributed by atoms with Gasteiger partial charge in [0.25, 0.3) is 0 Å². The van der Waals surface area contributed by atoms with Crippen molar-refractivity contribution in [2.75, 3.05) is 0 Å². The van der Waals surface area contributed by atoms with Crippen molar-refractivity contribution in [3.63, 3.8) is 0 Å². The van der Waals surface area contributed by atoms with Gasteiger partial charge in [-0.15, -0.1) is 0 Å². The molecule has 1 heteroatoms. The molecule has 0 N–H and O–H groups in total. The van der Waals surface area contributed by atoms with E-state index in [1.165, 1.54) is 77.4 Å². The van der Waals surface area contributed by atoms with Crippen LogP contribution in [0.1, 0.15) is 123 Å². The van der Waals surface area contributed by atoms with Crippen LogP contribution in [0.2, 0.25) is 0 Å². The van der Waals surface area contributed by atoms with E-state index in [9.17, 15) is 0 Å². The molecule has 11 rings (SSSR count). The van der Waals surface area contributed by atoms with Gasteiger partial charge in [-0.05, 0) is 99.4 Å². The highest BCUT2D eigenvalue weighted by Gasteiger charge is 2.45. The third-order valence-corrected chi connectivity index (χ3v) is 12.1. The molecule has 0 atom stereocenters. The highest BCUT2D eigenvalue weighted by atomic mass is 15.0. The van der Waals surface area contributed by atoms with E-state index in [2.05, 4.69) is 301 Å². The van der Waals surface area contributed by atoms with Gasteiger partial charge in [0.2, 0.25) is 0 Å². The fourth-order valence-corrected chi connectivity index (χ4v) is 9.72. The fourth-order valence-electron chi connectivity index (χ4n) is 9.72. The van der Waals surface area contributed by atoms with E-state index < -0.39 is 0 Å². The first-order valence-corrected chi connectivity index (χ1v) is 24.2. The third-order valence-electron chi connectivity index (χ3n) is 12.1. The van der Waals surface area contributed by atoms with Crippen molar-refractivity contribution in [3.05, 3.63) is 240 Å². The van der Waals surface area contributed by atoms with Crippen LogP contribution in [-0.2, 0) is 16.4 Å². The second-order valence-corrected chi connectivity index (χ2v) is 22.8. The SMILES string of the molecule is CC(C)(C)C.CC(C)(C)C.CC(C)(C)n1c2ccccc2c2ccccc21.CC1(C)c2ccccc2-c2ccccc21.c1ccc(C2(c3ccccc3)c3ccccc3-c3ccccc32)cc1. The van der Waals surface area contributed by atoms with Crippen LogP contribution in [0.4, 0.5) is 0 Å². The Balaban J connectivity index is 0.000000139. The summed E-state index contributed by atoms with van der Waals surface area (Å²) in [4.78, 5) is 0. The van der Waals surface area contributed by atoms with Crippen molar-refractivity contribution >= 4 is 21.8 Å². The van der Waals surface area contributed by atoms with E-state index in [0.717, 1.165) is 0 Å². The molecule has 0 saturated heterocycles. The molecular weight excluding hydrogens is 807 g/mol. The Kier molecular flexibility index (Phi) is 14.1. The van der Waals surface area contributed by atoms with Gasteiger partial charge in [-0.25, -0.2) is 0 Å². The van der Waals surface area contributed by atoms with Gasteiger partial charge in [0.15, 0.2) is 0 Å². The van der Waals surface area contributed by atoms with Crippen LogP contribution in [0.5, 0.6) is 0 Å². The summed E-state index contributed by atoms with van der Waals surface area (Å²) in [6.07, 6.45) is 0. The lowest BCUT2D eigenvalue weighted by molar-refractivity contribution is 0.423. The van der Waals surface area contributed by atoms with Crippen molar-refractivity contribution in [1.29, 1.82) is 0 Å². The summed E-state index contributed by atoms with van der Waals surface area (Å²) in [6, 6.07) is 74.2. The smallest absolute Gasteiger partial charge is 0.0713 e. The minimum atomic E-state index is -0.254. The molecule has 8 aromatic carbocycles. The van der Waals surface area contributed by atoms with Crippen LogP contribution in [0.3, 0.4) is 0 Å². The summed E-state index contributed by atoms with van der Waals surface area (Å²) in [7, 11) is 0. The molecule has 0 radical (unpaired) electrons. The zero-order chi connectivity index (χ0) is 48.2. The van der Waals surface area contributed by atoms with Crippen molar-refractivity contribution in [3.8, 4) is 22.3 Å². The molecule has 1 heterocycles. The normalized spacial score (nSPS) is 13.7. The summed E-state index contributed by atoms with van der Waals surface area (Å²) in [6.45, 7) is 28.9. The lowest BCUT2D eigenvalue weighted by Gasteiger charge is -2.33. The van der Waals surface area contributed by atoms with Gasteiger partial charge >= 0.3 is 0 Å². The lowest BCUT2D eigenvalue weighted by Crippen LogP contribution is -2.28. The molecule has 1 nitrogen and oxygen atoms in total. The predicted molar refractivity (Wildman–Crippen MR) is 292 cm³/mol. The van der Waals surface area contributed by atoms with Crippen LogP contribution in [0, 0.1) is 10.8 Å². The van der Waals surface area contributed by atoms with Crippen LogP contribution >= 0.6 is 0 Å². The first kappa shape index (κ1) is 48.5. The quantitative estimate of drug-likeness (QED) is 0.163. The van der Waals surface area contributed by atoms with Crippen molar-refractivity contribution in [2.24, 2.45) is 10.8 Å². The molecule has 2 aliphatic rings. The van der Waals surface area contributed by atoms with Gasteiger partial charge in [-0.2, -0.15) is 0 Å². The van der Waals surface area contributed by atoms with E-state index in [0.29, 0.717) is 10.8 Å². The third kappa shape index (κ3) is 10.4. The van der Waals surface area contributed by atoms with E-state index in [1.807, 2.05) is 0 Å². The van der Waals surface area contributed by atoms with Gasteiger partial charge in [-0.3, -0.25) is 0 Å². The number of para-hydroxylation sites is 2. The highest BCUT2D eigenvalue weighted by molar-refractivity contribution is 6.08. The minimum absolute atomic E-state index is 0.0999. The molecule has 9 aromatic rings. The fraction of sp³-hybridized carbons (Fsp3) is 0.273. The first-order valence-electron chi connectivity index (χ1n) is 24.2. The maximum atomic E-state index is 2.43. The molecule has 0 spiro atoms. The highest BCUT2D eigenvalue weighted by Crippen LogP contribution is 2.56. The Morgan fingerprint density at radius 3 is 0.881 bits per heavy atom. The van der Waals surface area contributed by atoms with Crippen LogP contribution in [-0.4, -0.2) is 4.57 Å². The average Bonchev–Trinajstić information content (AvgIpc) is 3.89. The second kappa shape index (κ2) is 19.4.